The third-order valence-corrected chi connectivity index (χ3v) is 5.89. The van der Waals surface area contributed by atoms with Crippen molar-refractivity contribution in [3.05, 3.63) is 77.1 Å². The number of hydrogen-bond acceptors (Lipinski definition) is 5. The van der Waals surface area contributed by atoms with E-state index in [1.165, 1.54) is 0 Å². The zero-order chi connectivity index (χ0) is 23.8. The number of rotatable bonds is 9. The number of hydrogen-bond donors (Lipinski definition) is 2. The quantitative estimate of drug-likeness (QED) is 0.458. The second-order valence-corrected chi connectivity index (χ2v) is 8.52. The first-order chi connectivity index (χ1) is 16.6. The molecule has 0 atom stereocenters. The van der Waals surface area contributed by atoms with Gasteiger partial charge in [-0.3, -0.25) is 14.5 Å². The molecule has 2 amide bonds. The lowest BCUT2D eigenvalue weighted by atomic mass is 10.2. The van der Waals surface area contributed by atoms with E-state index >= 15 is 0 Å². The molecule has 1 saturated heterocycles. The second-order valence-electron chi connectivity index (χ2n) is 8.11. The number of aromatic nitrogens is 2. The number of nitrogens with zero attached hydrogens (tertiary/aromatic N) is 3. The second kappa shape index (κ2) is 11.8. The van der Waals surface area contributed by atoms with Gasteiger partial charge in [0.1, 0.15) is 0 Å². The highest BCUT2D eigenvalue weighted by molar-refractivity contribution is 6.33. The minimum Gasteiger partial charge on any atom is -0.379 e. The zero-order valence-corrected chi connectivity index (χ0v) is 19.6. The number of anilines is 1. The van der Waals surface area contributed by atoms with E-state index in [0.717, 1.165) is 50.5 Å². The minimum atomic E-state index is -0.183. The molecule has 1 fully saturated rings. The molecule has 0 unspecified atom stereocenters. The molecular formula is C25H28ClN5O3. The Hall–Kier alpha value is -3.20. The van der Waals surface area contributed by atoms with Gasteiger partial charge < -0.3 is 15.4 Å². The van der Waals surface area contributed by atoms with Crippen LogP contribution in [0.3, 0.4) is 0 Å². The molecule has 0 spiro atoms. The maximum Gasteiger partial charge on any atom is 0.251 e. The SMILES string of the molecule is O=C(Cc1cnn(-c2cccc(C(=O)NCCCN3CCOCC3)c2)c1)Nc1ccccc1Cl. The van der Waals surface area contributed by atoms with E-state index in [2.05, 4.69) is 20.6 Å². The third kappa shape index (κ3) is 6.66. The van der Waals surface area contributed by atoms with Crippen molar-refractivity contribution in [2.24, 2.45) is 0 Å². The Morgan fingerprint density at radius 3 is 2.74 bits per heavy atom. The largest absolute Gasteiger partial charge is 0.379 e. The first-order valence-electron chi connectivity index (χ1n) is 11.3. The molecule has 178 valence electrons. The molecule has 1 aliphatic heterocycles. The van der Waals surface area contributed by atoms with Crippen molar-refractivity contribution < 1.29 is 14.3 Å². The zero-order valence-electron chi connectivity index (χ0n) is 18.9. The number of para-hydroxylation sites is 1. The summed E-state index contributed by atoms with van der Waals surface area (Å²) in [6.07, 6.45) is 4.48. The Morgan fingerprint density at radius 2 is 1.91 bits per heavy atom. The number of morpholine rings is 1. The Labute approximate surface area is 203 Å². The van der Waals surface area contributed by atoms with Gasteiger partial charge in [0.15, 0.2) is 0 Å². The number of benzene rings is 2. The normalized spacial score (nSPS) is 14.0. The summed E-state index contributed by atoms with van der Waals surface area (Å²) in [6, 6.07) is 14.4. The number of carbonyl (C=O) groups excluding carboxylic acids is 2. The summed E-state index contributed by atoms with van der Waals surface area (Å²) in [4.78, 5) is 27.3. The van der Waals surface area contributed by atoms with Crippen LogP contribution in [0.2, 0.25) is 5.02 Å². The molecule has 2 N–H and O–H groups in total. The van der Waals surface area contributed by atoms with Crippen molar-refractivity contribution in [2.75, 3.05) is 44.7 Å². The van der Waals surface area contributed by atoms with Crippen molar-refractivity contribution >= 4 is 29.1 Å². The van der Waals surface area contributed by atoms with E-state index < -0.39 is 0 Å². The number of amides is 2. The molecule has 4 rings (SSSR count). The Bertz CT molecular complexity index is 1130. The average Bonchev–Trinajstić information content (AvgIpc) is 3.32. The fourth-order valence-electron chi connectivity index (χ4n) is 3.76. The van der Waals surface area contributed by atoms with Crippen LogP contribution in [0.4, 0.5) is 5.69 Å². The van der Waals surface area contributed by atoms with Gasteiger partial charge in [-0.25, -0.2) is 4.68 Å². The number of carbonyl (C=O) groups is 2. The number of ether oxygens (including phenoxy) is 1. The molecule has 2 heterocycles. The molecule has 1 aromatic heterocycles. The topological polar surface area (TPSA) is 88.5 Å². The van der Waals surface area contributed by atoms with Gasteiger partial charge in [-0.2, -0.15) is 5.10 Å². The van der Waals surface area contributed by atoms with Crippen LogP contribution >= 0.6 is 11.6 Å². The van der Waals surface area contributed by atoms with Gasteiger partial charge in [0, 0.05) is 31.4 Å². The molecule has 0 bridgehead atoms. The van der Waals surface area contributed by atoms with E-state index in [4.69, 9.17) is 16.3 Å². The van der Waals surface area contributed by atoms with Crippen LogP contribution in [-0.2, 0) is 16.0 Å². The van der Waals surface area contributed by atoms with Crippen LogP contribution < -0.4 is 10.6 Å². The van der Waals surface area contributed by atoms with Crippen molar-refractivity contribution in [3.63, 3.8) is 0 Å². The van der Waals surface area contributed by atoms with E-state index in [-0.39, 0.29) is 18.2 Å². The highest BCUT2D eigenvalue weighted by Crippen LogP contribution is 2.20. The van der Waals surface area contributed by atoms with Crippen molar-refractivity contribution in [1.29, 1.82) is 0 Å². The van der Waals surface area contributed by atoms with Gasteiger partial charge in [0.2, 0.25) is 5.91 Å². The summed E-state index contributed by atoms with van der Waals surface area (Å²) in [5, 5.41) is 10.6. The van der Waals surface area contributed by atoms with Crippen LogP contribution in [0.1, 0.15) is 22.3 Å². The van der Waals surface area contributed by atoms with Crippen LogP contribution in [-0.4, -0.2) is 65.9 Å². The molecule has 0 radical (unpaired) electrons. The van der Waals surface area contributed by atoms with Gasteiger partial charge in [0.05, 0.1) is 42.2 Å². The van der Waals surface area contributed by atoms with E-state index in [1.807, 2.05) is 24.3 Å². The molecule has 9 heteroatoms. The number of nitrogens with one attached hydrogen (secondary N) is 2. The monoisotopic (exact) mass is 481 g/mol. The molecule has 3 aromatic rings. The van der Waals surface area contributed by atoms with E-state index in [0.29, 0.717) is 22.8 Å². The molecule has 8 nitrogen and oxygen atoms in total. The molecule has 0 aliphatic carbocycles. The summed E-state index contributed by atoms with van der Waals surface area (Å²) in [5.74, 6) is -0.298. The maximum absolute atomic E-state index is 12.6. The van der Waals surface area contributed by atoms with Gasteiger partial charge >= 0.3 is 0 Å². The van der Waals surface area contributed by atoms with Gasteiger partial charge in [0.25, 0.3) is 5.91 Å². The summed E-state index contributed by atoms with van der Waals surface area (Å²) in [7, 11) is 0. The molecule has 0 saturated carbocycles. The van der Waals surface area contributed by atoms with Crippen molar-refractivity contribution in [1.82, 2.24) is 20.0 Å². The predicted octanol–water partition coefficient (Wildman–Crippen LogP) is 3.16. The molecular weight excluding hydrogens is 454 g/mol. The Morgan fingerprint density at radius 1 is 1.09 bits per heavy atom. The fraction of sp³-hybridized carbons (Fsp3) is 0.320. The van der Waals surface area contributed by atoms with E-state index in [9.17, 15) is 9.59 Å². The Balaban J connectivity index is 1.29. The van der Waals surface area contributed by atoms with Crippen LogP contribution in [0, 0.1) is 0 Å². The fourth-order valence-corrected chi connectivity index (χ4v) is 3.94. The summed E-state index contributed by atoms with van der Waals surface area (Å²) in [6.45, 7) is 5.02. The smallest absolute Gasteiger partial charge is 0.251 e. The minimum absolute atomic E-state index is 0.115. The van der Waals surface area contributed by atoms with Crippen LogP contribution in [0.25, 0.3) is 5.69 Å². The van der Waals surface area contributed by atoms with Gasteiger partial charge in [-0.05, 0) is 48.9 Å². The van der Waals surface area contributed by atoms with Gasteiger partial charge in [-0.15, -0.1) is 0 Å². The van der Waals surface area contributed by atoms with Gasteiger partial charge in [-0.1, -0.05) is 29.8 Å². The predicted molar refractivity (Wildman–Crippen MR) is 132 cm³/mol. The molecule has 34 heavy (non-hydrogen) atoms. The highest BCUT2D eigenvalue weighted by Gasteiger charge is 2.12. The van der Waals surface area contributed by atoms with Crippen molar-refractivity contribution in [2.45, 2.75) is 12.8 Å². The van der Waals surface area contributed by atoms with Crippen LogP contribution in [0.5, 0.6) is 0 Å². The average molecular weight is 482 g/mol. The van der Waals surface area contributed by atoms with Crippen molar-refractivity contribution in [3.8, 4) is 5.69 Å². The lowest BCUT2D eigenvalue weighted by Gasteiger charge is -2.26. The summed E-state index contributed by atoms with van der Waals surface area (Å²) >= 11 is 6.10. The Kier molecular flexibility index (Phi) is 8.30. The first kappa shape index (κ1) is 23.9. The summed E-state index contributed by atoms with van der Waals surface area (Å²) in [5.41, 5.74) is 2.64. The standard InChI is InChI=1S/C25H28ClN5O3/c26-22-7-1-2-8-23(22)29-24(32)15-19-17-28-31(18-19)21-6-3-5-20(16-21)25(33)27-9-4-10-30-11-13-34-14-12-30/h1-3,5-8,16-18H,4,9-15H2,(H,27,33)(H,29,32). The lowest BCUT2D eigenvalue weighted by Crippen LogP contribution is -2.38. The highest BCUT2D eigenvalue weighted by atomic mass is 35.5. The summed E-state index contributed by atoms with van der Waals surface area (Å²) < 4.78 is 7.02. The van der Waals surface area contributed by atoms with E-state index in [1.54, 1.807) is 41.3 Å². The first-order valence-corrected chi connectivity index (χ1v) is 11.7. The molecule has 2 aromatic carbocycles. The lowest BCUT2D eigenvalue weighted by molar-refractivity contribution is -0.115. The van der Waals surface area contributed by atoms with Crippen LogP contribution in [0.15, 0.2) is 60.9 Å². The third-order valence-electron chi connectivity index (χ3n) is 5.56. The number of halogens is 1. The molecule has 1 aliphatic rings. The maximum atomic E-state index is 12.6.